The summed E-state index contributed by atoms with van der Waals surface area (Å²) >= 11 is 0. The van der Waals surface area contributed by atoms with Crippen molar-refractivity contribution in [2.24, 2.45) is 0 Å². The first-order chi connectivity index (χ1) is 9.63. The van der Waals surface area contributed by atoms with Crippen LogP contribution in [0.25, 0.3) is 0 Å². The number of nitro groups is 1. The van der Waals surface area contributed by atoms with E-state index in [-0.39, 0.29) is 29.5 Å². The first kappa shape index (κ1) is 13.7. The molecule has 0 bridgehead atoms. The first-order valence-electron chi connectivity index (χ1n) is 5.82. The lowest BCUT2D eigenvalue weighted by molar-refractivity contribution is -0.386. The van der Waals surface area contributed by atoms with Gasteiger partial charge in [0.2, 0.25) is 0 Å². The first-order valence-corrected chi connectivity index (χ1v) is 5.82. The molecule has 0 spiro atoms. The van der Waals surface area contributed by atoms with E-state index in [0.717, 1.165) is 6.07 Å². The summed E-state index contributed by atoms with van der Waals surface area (Å²) in [5.41, 5.74) is -0.0834. The van der Waals surface area contributed by atoms with Gasteiger partial charge in [0.1, 0.15) is 6.29 Å². The minimum atomic E-state index is -0.617. The average Bonchev–Trinajstić information content (AvgIpc) is 2.92. The van der Waals surface area contributed by atoms with Crippen molar-refractivity contribution in [3.63, 3.8) is 0 Å². The third-order valence-electron chi connectivity index (χ3n) is 2.49. The Labute approximate surface area is 113 Å². The van der Waals surface area contributed by atoms with Crippen LogP contribution < -0.4 is 4.74 Å². The zero-order chi connectivity index (χ0) is 14.5. The Hall–Kier alpha value is -2.77. The summed E-state index contributed by atoms with van der Waals surface area (Å²) in [5, 5.41) is 14.6. The van der Waals surface area contributed by atoms with Crippen molar-refractivity contribution in [3.05, 3.63) is 45.6 Å². The maximum absolute atomic E-state index is 10.9. The van der Waals surface area contributed by atoms with Crippen LogP contribution in [0, 0.1) is 10.1 Å². The number of hydrogen-bond acceptors (Lipinski definition) is 7. The van der Waals surface area contributed by atoms with E-state index in [2.05, 4.69) is 10.1 Å². The average molecular weight is 277 g/mol. The highest BCUT2D eigenvalue weighted by Crippen LogP contribution is 2.28. The zero-order valence-electron chi connectivity index (χ0n) is 10.6. The quantitative estimate of drug-likeness (QED) is 0.450. The molecule has 8 heteroatoms. The minimum Gasteiger partial charge on any atom is -0.477 e. The number of benzene rings is 1. The summed E-state index contributed by atoms with van der Waals surface area (Å²) in [5.74, 6) is 0.807. The molecule has 2 aromatic rings. The number of aryl methyl sites for hydroxylation is 1. The van der Waals surface area contributed by atoms with Gasteiger partial charge in [0.25, 0.3) is 5.89 Å². The third kappa shape index (κ3) is 2.97. The fourth-order valence-corrected chi connectivity index (χ4v) is 1.50. The molecule has 0 atom stereocenters. The van der Waals surface area contributed by atoms with Crippen molar-refractivity contribution >= 4 is 12.0 Å². The smallest absolute Gasteiger partial charge is 0.311 e. The van der Waals surface area contributed by atoms with Crippen LogP contribution in [0.15, 0.2) is 22.7 Å². The van der Waals surface area contributed by atoms with E-state index in [4.69, 9.17) is 9.26 Å². The molecule has 0 radical (unpaired) electrons. The van der Waals surface area contributed by atoms with Gasteiger partial charge in [0.15, 0.2) is 18.2 Å². The van der Waals surface area contributed by atoms with E-state index in [9.17, 15) is 14.9 Å². The predicted octanol–water partition coefficient (Wildman–Crippen LogP) is 1.93. The number of aldehydes is 1. The van der Waals surface area contributed by atoms with Crippen LogP contribution in [-0.2, 0) is 13.0 Å². The molecule has 0 amide bonds. The van der Waals surface area contributed by atoms with Crippen LogP contribution in [0.4, 0.5) is 5.69 Å². The summed E-state index contributed by atoms with van der Waals surface area (Å²) < 4.78 is 10.2. The van der Waals surface area contributed by atoms with Crippen molar-refractivity contribution in [1.29, 1.82) is 0 Å². The van der Waals surface area contributed by atoms with Gasteiger partial charge in [-0.25, -0.2) is 0 Å². The van der Waals surface area contributed by atoms with Crippen molar-refractivity contribution in [3.8, 4) is 5.75 Å². The van der Waals surface area contributed by atoms with Crippen molar-refractivity contribution in [2.75, 3.05) is 0 Å². The second kappa shape index (κ2) is 5.91. The number of ether oxygens (including phenoxy) is 1. The molecular formula is C12H11N3O5. The Kier molecular flexibility index (Phi) is 4.04. The highest BCUT2D eigenvalue weighted by molar-refractivity contribution is 5.77. The lowest BCUT2D eigenvalue weighted by Gasteiger charge is -2.04. The number of nitro benzene ring substituents is 1. The molecule has 20 heavy (non-hydrogen) atoms. The molecule has 0 N–H and O–H groups in total. The van der Waals surface area contributed by atoms with Crippen molar-refractivity contribution < 1.29 is 19.0 Å². The van der Waals surface area contributed by atoms with Gasteiger partial charge < -0.3 is 9.26 Å². The van der Waals surface area contributed by atoms with E-state index in [1.54, 1.807) is 0 Å². The molecule has 1 heterocycles. The van der Waals surface area contributed by atoms with Crippen LogP contribution in [0.3, 0.4) is 0 Å². The second-order valence-electron chi connectivity index (χ2n) is 3.85. The number of carbonyl (C=O) groups is 1. The Balaban J connectivity index is 2.16. The predicted molar refractivity (Wildman–Crippen MR) is 66.5 cm³/mol. The van der Waals surface area contributed by atoms with Crippen LogP contribution in [0.2, 0.25) is 0 Å². The maximum Gasteiger partial charge on any atom is 0.311 e. The molecular weight excluding hydrogens is 266 g/mol. The third-order valence-corrected chi connectivity index (χ3v) is 2.49. The number of rotatable bonds is 6. The van der Waals surface area contributed by atoms with E-state index in [1.165, 1.54) is 12.1 Å². The number of nitrogens with zero attached hydrogens (tertiary/aromatic N) is 3. The van der Waals surface area contributed by atoms with Gasteiger partial charge in [0, 0.05) is 18.1 Å². The molecule has 104 valence electrons. The molecule has 0 saturated carbocycles. The summed E-state index contributed by atoms with van der Waals surface area (Å²) in [6, 6.07) is 3.94. The maximum atomic E-state index is 10.9. The van der Waals surface area contributed by atoms with Gasteiger partial charge in [0.05, 0.1) is 4.92 Å². The number of carbonyl (C=O) groups excluding carboxylic acids is 1. The molecule has 0 fully saturated rings. The Morgan fingerprint density at radius 3 is 2.90 bits per heavy atom. The second-order valence-corrected chi connectivity index (χ2v) is 3.85. The summed E-state index contributed by atoms with van der Waals surface area (Å²) in [6.45, 7) is 1.80. The van der Waals surface area contributed by atoms with Gasteiger partial charge in [-0.3, -0.25) is 14.9 Å². The van der Waals surface area contributed by atoms with E-state index < -0.39 is 4.92 Å². The van der Waals surface area contributed by atoms with E-state index in [1.807, 2.05) is 6.92 Å². The Bertz CT molecular complexity index is 638. The van der Waals surface area contributed by atoms with Gasteiger partial charge in [-0.05, 0) is 12.1 Å². The number of hydrogen-bond donors (Lipinski definition) is 0. The molecule has 0 saturated heterocycles. The minimum absolute atomic E-state index is 0.0387. The fourth-order valence-electron chi connectivity index (χ4n) is 1.50. The molecule has 0 aliphatic rings. The monoisotopic (exact) mass is 277 g/mol. The molecule has 0 unspecified atom stereocenters. The number of aromatic nitrogens is 2. The van der Waals surface area contributed by atoms with Crippen LogP contribution in [0.1, 0.15) is 29.0 Å². The lowest BCUT2D eigenvalue weighted by atomic mass is 10.2. The summed E-state index contributed by atoms with van der Waals surface area (Å²) in [6.07, 6.45) is 1.15. The highest BCUT2D eigenvalue weighted by atomic mass is 16.6. The van der Waals surface area contributed by atoms with Crippen molar-refractivity contribution in [1.82, 2.24) is 10.1 Å². The van der Waals surface area contributed by atoms with E-state index in [0.29, 0.717) is 18.5 Å². The van der Waals surface area contributed by atoms with Crippen LogP contribution in [0.5, 0.6) is 5.75 Å². The molecule has 2 rings (SSSR count). The van der Waals surface area contributed by atoms with Gasteiger partial charge in [-0.15, -0.1) is 0 Å². The summed E-state index contributed by atoms with van der Waals surface area (Å²) in [4.78, 5) is 24.9. The van der Waals surface area contributed by atoms with Gasteiger partial charge in [-0.1, -0.05) is 12.1 Å². The SMILES string of the molecule is CCc1noc(COc2ccc(C=O)cc2[N+](=O)[O-])n1. The molecule has 1 aromatic heterocycles. The van der Waals surface area contributed by atoms with E-state index >= 15 is 0 Å². The molecule has 8 nitrogen and oxygen atoms in total. The summed E-state index contributed by atoms with van der Waals surface area (Å²) in [7, 11) is 0. The largest absolute Gasteiger partial charge is 0.477 e. The van der Waals surface area contributed by atoms with Gasteiger partial charge in [-0.2, -0.15) is 4.98 Å². The van der Waals surface area contributed by atoms with Gasteiger partial charge >= 0.3 is 5.69 Å². The normalized spacial score (nSPS) is 10.2. The molecule has 1 aromatic carbocycles. The fraction of sp³-hybridized carbons (Fsp3) is 0.250. The standard InChI is InChI=1S/C12H11N3O5/c1-2-11-13-12(20-14-11)7-19-10-4-3-8(6-16)5-9(10)15(17)18/h3-6H,2,7H2,1H3. The zero-order valence-corrected chi connectivity index (χ0v) is 10.6. The molecule has 0 aliphatic carbocycles. The topological polar surface area (TPSA) is 108 Å². The highest BCUT2D eigenvalue weighted by Gasteiger charge is 2.17. The Morgan fingerprint density at radius 2 is 2.30 bits per heavy atom. The van der Waals surface area contributed by atoms with Crippen LogP contribution >= 0.6 is 0 Å². The van der Waals surface area contributed by atoms with Crippen molar-refractivity contribution in [2.45, 2.75) is 20.0 Å². The van der Waals surface area contributed by atoms with Crippen LogP contribution in [-0.4, -0.2) is 21.4 Å². The molecule has 0 aliphatic heterocycles. The lowest BCUT2D eigenvalue weighted by Crippen LogP contribution is -2.00. The Morgan fingerprint density at radius 1 is 1.50 bits per heavy atom.